The van der Waals surface area contributed by atoms with Gasteiger partial charge in [0.25, 0.3) is 5.91 Å². The Kier molecular flexibility index (Phi) is 5.58. The van der Waals surface area contributed by atoms with Gasteiger partial charge in [0.1, 0.15) is 17.9 Å². The number of carbonyl (C=O) groups excluding carboxylic acids is 3. The number of nitrogens with zero attached hydrogens (tertiary/aromatic N) is 2. The van der Waals surface area contributed by atoms with Gasteiger partial charge >= 0.3 is 0 Å². The van der Waals surface area contributed by atoms with E-state index in [2.05, 4.69) is 24.1 Å². The summed E-state index contributed by atoms with van der Waals surface area (Å²) in [6.45, 7) is 6.82. The third kappa shape index (κ3) is 3.88. The van der Waals surface area contributed by atoms with Crippen molar-refractivity contribution in [2.45, 2.75) is 70.7 Å². The van der Waals surface area contributed by atoms with E-state index in [4.69, 9.17) is 4.74 Å². The molecular weight excluding hydrogens is 370 g/mol. The Bertz CT molecular complexity index is 824. The maximum atomic E-state index is 12.8. The largest absolute Gasteiger partial charge is 0.489 e. The summed E-state index contributed by atoms with van der Waals surface area (Å²) in [5.41, 5.74) is 1.49. The van der Waals surface area contributed by atoms with Crippen LogP contribution in [0.15, 0.2) is 18.2 Å². The van der Waals surface area contributed by atoms with Crippen molar-refractivity contribution in [2.24, 2.45) is 0 Å². The smallest absolute Gasteiger partial charge is 0.255 e. The van der Waals surface area contributed by atoms with E-state index in [0.29, 0.717) is 24.6 Å². The second-order valence-electron chi connectivity index (χ2n) is 8.23. The normalized spacial score (nSPS) is 26.3. The van der Waals surface area contributed by atoms with Crippen molar-refractivity contribution in [3.8, 4) is 5.75 Å². The lowest BCUT2D eigenvalue weighted by molar-refractivity contribution is -0.136. The number of ether oxygens (including phenoxy) is 1. The SMILES string of the molecule is CCN1CCCCC1[C@@H](C)Oc1ccc2c(c1)CN(C1CCC(=O)NC1=O)C2=O. The lowest BCUT2D eigenvalue weighted by Gasteiger charge is -2.38. The highest BCUT2D eigenvalue weighted by atomic mass is 16.5. The van der Waals surface area contributed by atoms with Crippen molar-refractivity contribution < 1.29 is 19.1 Å². The number of fused-ring (bicyclic) bond motifs is 1. The van der Waals surface area contributed by atoms with E-state index in [1.165, 1.54) is 12.8 Å². The molecule has 4 rings (SSSR count). The molecule has 2 fully saturated rings. The third-order valence-electron chi connectivity index (χ3n) is 6.43. The number of benzene rings is 1. The molecular formula is C22H29N3O4. The summed E-state index contributed by atoms with van der Waals surface area (Å²) in [6.07, 6.45) is 4.32. The highest BCUT2D eigenvalue weighted by Crippen LogP contribution is 2.31. The molecule has 1 aromatic rings. The molecule has 0 aromatic heterocycles. The maximum Gasteiger partial charge on any atom is 0.255 e. The van der Waals surface area contributed by atoms with Crippen molar-refractivity contribution in [3.63, 3.8) is 0 Å². The van der Waals surface area contributed by atoms with Crippen molar-refractivity contribution in [3.05, 3.63) is 29.3 Å². The van der Waals surface area contributed by atoms with E-state index >= 15 is 0 Å². The van der Waals surface area contributed by atoms with Gasteiger partial charge in [-0.25, -0.2) is 0 Å². The number of nitrogens with one attached hydrogen (secondary N) is 1. The quantitative estimate of drug-likeness (QED) is 0.767. The van der Waals surface area contributed by atoms with Crippen molar-refractivity contribution in [1.82, 2.24) is 15.1 Å². The first kappa shape index (κ1) is 19.9. The topological polar surface area (TPSA) is 79.0 Å². The molecule has 2 unspecified atom stereocenters. The lowest BCUT2D eigenvalue weighted by atomic mass is 9.98. The number of piperidine rings is 2. The minimum Gasteiger partial charge on any atom is -0.489 e. The summed E-state index contributed by atoms with van der Waals surface area (Å²) in [6, 6.07) is 5.39. The zero-order chi connectivity index (χ0) is 20.5. The fraction of sp³-hybridized carbons (Fsp3) is 0.591. The summed E-state index contributed by atoms with van der Waals surface area (Å²) < 4.78 is 6.27. The fourth-order valence-electron chi connectivity index (χ4n) is 4.86. The van der Waals surface area contributed by atoms with Crippen LogP contribution in [0.4, 0.5) is 0 Å². The molecule has 1 aromatic carbocycles. The highest BCUT2D eigenvalue weighted by molar-refractivity contribution is 6.05. The minimum absolute atomic E-state index is 0.0663. The molecule has 0 bridgehead atoms. The van der Waals surface area contributed by atoms with Gasteiger partial charge in [-0.2, -0.15) is 0 Å². The highest BCUT2D eigenvalue weighted by Gasteiger charge is 2.39. The van der Waals surface area contributed by atoms with E-state index in [1.807, 2.05) is 12.1 Å². The molecule has 29 heavy (non-hydrogen) atoms. The van der Waals surface area contributed by atoms with Gasteiger partial charge in [0, 0.05) is 24.6 Å². The van der Waals surface area contributed by atoms with Crippen LogP contribution >= 0.6 is 0 Å². The number of amides is 3. The van der Waals surface area contributed by atoms with E-state index in [1.54, 1.807) is 11.0 Å². The molecule has 3 aliphatic heterocycles. The van der Waals surface area contributed by atoms with Crippen LogP contribution in [-0.2, 0) is 16.1 Å². The molecule has 3 amide bonds. The molecule has 7 nitrogen and oxygen atoms in total. The average Bonchev–Trinajstić information content (AvgIpc) is 3.03. The number of hydrogen-bond donors (Lipinski definition) is 1. The van der Waals surface area contributed by atoms with Crippen LogP contribution < -0.4 is 10.1 Å². The van der Waals surface area contributed by atoms with Crippen LogP contribution in [0.1, 0.15) is 61.9 Å². The number of likely N-dealkylation sites (tertiary alicyclic amines) is 1. The average molecular weight is 399 g/mol. The standard InChI is InChI=1S/C22H29N3O4/c1-3-24-11-5-4-6-18(24)14(2)29-16-7-8-17-15(12-16)13-25(22(17)28)19-9-10-20(26)23-21(19)27/h7-8,12,14,18-19H,3-6,9-11,13H2,1-2H3,(H,23,26,27)/t14-,18?,19?/m1/s1. The molecule has 3 heterocycles. The Balaban J connectivity index is 1.46. The maximum absolute atomic E-state index is 12.8. The van der Waals surface area contributed by atoms with Crippen LogP contribution in [-0.4, -0.2) is 58.8 Å². The van der Waals surface area contributed by atoms with E-state index < -0.39 is 6.04 Å². The van der Waals surface area contributed by atoms with Crippen molar-refractivity contribution >= 4 is 17.7 Å². The second kappa shape index (κ2) is 8.14. The molecule has 7 heteroatoms. The van der Waals surface area contributed by atoms with Crippen LogP contribution in [0.25, 0.3) is 0 Å². The Morgan fingerprint density at radius 1 is 1.21 bits per heavy atom. The van der Waals surface area contributed by atoms with E-state index in [-0.39, 0.29) is 30.2 Å². The summed E-state index contributed by atoms with van der Waals surface area (Å²) >= 11 is 0. The summed E-state index contributed by atoms with van der Waals surface area (Å²) in [4.78, 5) is 40.4. The molecule has 1 N–H and O–H groups in total. The zero-order valence-electron chi connectivity index (χ0n) is 17.1. The van der Waals surface area contributed by atoms with Crippen LogP contribution in [0.5, 0.6) is 5.75 Å². The first-order valence-corrected chi connectivity index (χ1v) is 10.7. The molecule has 0 radical (unpaired) electrons. The number of rotatable bonds is 5. The van der Waals surface area contributed by atoms with Gasteiger partial charge < -0.3 is 9.64 Å². The van der Waals surface area contributed by atoms with Gasteiger partial charge in [0.15, 0.2) is 0 Å². The van der Waals surface area contributed by atoms with Crippen molar-refractivity contribution in [2.75, 3.05) is 13.1 Å². The predicted octanol–water partition coefficient (Wildman–Crippen LogP) is 2.09. The summed E-state index contributed by atoms with van der Waals surface area (Å²) in [7, 11) is 0. The number of likely N-dealkylation sites (N-methyl/N-ethyl adjacent to an activating group) is 1. The Morgan fingerprint density at radius 3 is 2.79 bits per heavy atom. The van der Waals surface area contributed by atoms with Crippen LogP contribution in [0, 0.1) is 0 Å². The third-order valence-corrected chi connectivity index (χ3v) is 6.43. The first-order chi connectivity index (χ1) is 14.0. The second-order valence-corrected chi connectivity index (χ2v) is 8.23. The van der Waals surface area contributed by atoms with Gasteiger partial charge in [-0.3, -0.25) is 24.6 Å². The molecule has 0 aliphatic carbocycles. The van der Waals surface area contributed by atoms with E-state index in [0.717, 1.165) is 30.8 Å². The van der Waals surface area contributed by atoms with Gasteiger partial charge in [-0.05, 0) is 63.0 Å². The molecule has 156 valence electrons. The molecule has 0 saturated carbocycles. The van der Waals surface area contributed by atoms with Gasteiger partial charge in [0.2, 0.25) is 11.8 Å². The predicted molar refractivity (Wildman–Crippen MR) is 107 cm³/mol. The summed E-state index contributed by atoms with van der Waals surface area (Å²) in [5, 5.41) is 2.34. The molecule has 2 saturated heterocycles. The Hall–Kier alpha value is -2.41. The number of carbonyl (C=O) groups is 3. The van der Waals surface area contributed by atoms with Crippen LogP contribution in [0.3, 0.4) is 0 Å². The number of hydrogen-bond acceptors (Lipinski definition) is 5. The minimum atomic E-state index is -0.587. The monoisotopic (exact) mass is 399 g/mol. The van der Waals surface area contributed by atoms with Gasteiger partial charge in [-0.15, -0.1) is 0 Å². The summed E-state index contributed by atoms with van der Waals surface area (Å²) in [5.74, 6) is -0.0530. The van der Waals surface area contributed by atoms with Gasteiger partial charge in [0.05, 0.1) is 0 Å². The van der Waals surface area contributed by atoms with Gasteiger partial charge in [-0.1, -0.05) is 13.3 Å². The number of imide groups is 1. The first-order valence-electron chi connectivity index (χ1n) is 10.7. The zero-order valence-corrected chi connectivity index (χ0v) is 17.1. The molecule has 0 spiro atoms. The van der Waals surface area contributed by atoms with Crippen LogP contribution in [0.2, 0.25) is 0 Å². The fourth-order valence-corrected chi connectivity index (χ4v) is 4.86. The van der Waals surface area contributed by atoms with Crippen molar-refractivity contribution in [1.29, 1.82) is 0 Å². The van der Waals surface area contributed by atoms with E-state index in [9.17, 15) is 14.4 Å². The lowest BCUT2D eigenvalue weighted by Crippen LogP contribution is -2.52. The molecule has 3 aliphatic rings. The Labute approximate surface area is 171 Å². The molecule has 3 atom stereocenters. The Morgan fingerprint density at radius 2 is 2.03 bits per heavy atom.